The highest BCUT2D eigenvalue weighted by Crippen LogP contribution is 2.42. The lowest BCUT2D eigenvalue weighted by molar-refractivity contribution is 0.0935. The molecule has 0 fully saturated rings. The van der Waals surface area contributed by atoms with E-state index in [2.05, 4.69) is 16.8 Å². The molecule has 6 rings (SSSR count). The number of pyridine rings is 1. The molecule has 2 amide bonds. The number of aromatic nitrogens is 2. The third kappa shape index (κ3) is 5.38. The SMILES string of the molecule is CC(C)Cc1nc2c(c(-c3ccc4c(ccn4CC4=C=C=C(C#N)C(F)=C4)c3)c1C(N)=O)C(=O)N[C@]2(C)Cc1ccc(F)cc1. The number of carbonyl (C=O) groups excluding carboxylic acids is 2. The number of benzene rings is 2. The van der Waals surface area contributed by atoms with Crippen LogP contribution in [0.1, 0.15) is 58.4 Å². The number of allylic oxidation sites excluding steroid dienone is 4. The van der Waals surface area contributed by atoms with Crippen LogP contribution in [0.4, 0.5) is 8.78 Å². The summed E-state index contributed by atoms with van der Waals surface area (Å²) in [4.78, 5) is 31.8. The number of hydrogen-bond acceptors (Lipinski definition) is 4. The second-order valence-corrected chi connectivity index (χ2v) is 12.1. The number of amides is 2. The maximum Gasteiger partial charge on any atom is 0.254 e. The Hall–Kier alpha value is -5.54. The number of fused-ring (bicyclic) bond motifs is 2. The predicted molar refractivity (Wildman–Crippen MR) is 166 cm³/mol. The zero-order valence-corrected chi connectivity index (χ0v) is 25.0. The smallest absolute Gasteiger partial charge is 0.254 e. The molecule has 224 valence electrons. The van der Waals surface area contributed by atoms with Crippen LogP contribution >= 0.6 is 0 Å². The Morgan fingerprint density at radius 2 is 1.89 bits per heavy atom. The second kappa shape index (κ2) is 11.2. The van der Waals surface area contributed by atoms with Crippen LogP contribution in [0.5, 0.6) is 0 Å². The zero-order chi connectivity index (χ0) is 32.0. The van der Waals surface area contributed by atoms with Gasteiger partial charge in [0.05, 0.1) is 34.6 Å². The van der Waals surface area contributed by atoms with Gasteiger partial charge in [-0.25, -0.2) is 8.78 Å². The van der Waals surface area contributed by atoms with Crippen LogP contribution in [0.25, 0.3) is 22.0 Å². The highest BCUT2D eigenvalue weighted by molar-refractivity contribution is 6.12. The van der Waals surface area contributed by atoms with E-state index in [9.17, 15) is 18.4 Å². The first-order chi connectivity index (χ1) is 21.5. The van der Waals surface area contributed by atoms with E-state index in [1.165, 1.54) is 18.2 Å². The molecule has 3 heterocycles. The average molecular weight is 602 g/mol. The maximum absolute atomic E-state index is 14.2. The fourth-order valence-electron chi connectivity index (χ4n) is 6.16. The van der Waals surface area contributed by atoms with Gasteiger partial charge in [-0.1, -0.05) is 37.8 Å². The first-order valence-corrected chi connectivity index (χ1v) is 14.5. The standard InChI is InChI=1S/C36H29F2N5O2/c1-20(2)14-28-31(34(40)44)30(32-33(41-28)36(3,42-35(32)45)17-21-5-9-26(37)10-6-21)24-8-11-29-23(16-24)12-13-43(29)19-22-4-7-25(18-39)27(38)15-22/h5-6,8-13,15-16,20H,14,17,19H2,1-3H3,(H2,40,44)(H,42,45)/t36-/m1/s1. The van der Waals surface area contributed by atoms with Crippen molar-refractivity contribution in [3.05, 3.63) is 123 Å². The topological polar surface area (TPSA) is 114 Å². The highest BCUT2D eigenvalue weighted by atomic mass is 19.1. The molecule has 1 atom stereocenters. The van der Waals surface area contributed by atoms with Gasteiger partial charge < -0.3 is 15.6 Å². The molecule has 2 aromatic carbocycles. The van der Waals surface area contributed by atoms with Gasteiger partial charge in [-0.15, -0.1) is 0 Å². The highest BCUT2D eigenvalue weighted by Gasteiger charge is 2.44. The van der Waals surface area contributed by atoms with Crippen molar-refractivity contribution in [2.24, 2.45) is 11.7 Å². The Balaban J connectivity index is 1.50. The Morgan fingerprint density at radius 1 is 1.13 bits per heavy atom. The fraction of sp³-hybridized carbons (Fsp3) is 0.222. The second-order valence-electron chi connectivity index (χ2n) is 12.1. The number of nitriles is 1. The van der Waals surface area contributed by atoms with Crippen LogP contribution in [-0.2, 0) is 24.9 Å². The van der Waals surface area contributed by atoms with Gasteiger partial charge in [-0.2, -0.15) is 5.26 Å². The van der Waals surface area contributed by atoms with Crippen LogP contribution in [-0.4, -0.2) is 21.4 Å². The molecule has 4 aromatic rings. The first-order valence-electron chi connectivity index (χ1n) is 14.5. The molecular formula is C36H29F2N5O2. The van der Waals surface area contributed by atoms with Crippen LogP contribution in [0.3, 0.4) is 0 Å². The third-order valence-electron chi connectivity index (χ3n) is 8.13. The van der Waals surface area contributed by atoms with Crippen LogP contribution in [0, 0.1) is 23.1 Å². The molecule has 2 aromatic heterocycles. The lowest BCUT2D eigenvalue weighted by Crippen LogP contribution is -2.39. The van der Waals surface area contributed by atoms with Gasteiger partial charge in [-0.3, -0.25) is 14.6 Å². The Morgan fingerprint density at radius 3 is 2.56 bits per heavy atom. The third-order valence-corrected chi connectivity index (χ3v) is 8.13. The van der Waals surface area contributed by atoms with Crippen LogP contribution in [0.15, 0.2) is 89.2 Å². The largest absolute Gasteiger partial charge is 0.366 e. The first kappa shape index (κ1) is 29.5. The quantitative estimate of drug-likeness (QED) is 0.230. The van der Waals surface area contributed by atoms with E-state index in [0.717, 1.165) is 16.5 Å². The van der Waals surface area contributed by atoms with E-state index in [0.29, 0.717) is 47.5 Å². The summed E-state index contributed by atoms with van der Waals surface area (Å²) in [6, 6.07) is 15.4. The Bertz CT molecular complexity index is 2100. The van der Waals surface area contributed by atoms with Gasteiger partial charge in [-0.05, 0) is 72.5 Å². The van der Waals surface area contributed by atoms with Crippen molar-refractivity contribution >= 4 is 22.7 Å². The molecule has 1 aliphatic heterocycles. The normalized spacial score (nSPS) is 17.1. The van der Waals surface area contributed by atoms with Gasteiger partial charge in [0.2, 0.25) is 0 Å². The molecule has 1 aliphatic carbocycles. The number of primary amides is 1. The predicted octanol–water partition coefficient (Wildman–Crippen LogP) is 6.34. The van der Waals surface area contributed by atoms with Crippen LogP contribution < -0.4 is 11.1 Å². The summed E-state index contributed by atoms with van der Waals surface area (Å²) in [6.07, 6.45) is 3.95. The van der Waals surface area contributed by atoms with Gasteiger partial charge in [0.1, 0.15) is 23.3 Å². The van der Waals surface area contributed by atoms with Gasteiger partial charge in [0.25, 0.3) is 11.8 Å². The van der Waals surface area contributed by atoms with Crippen molar-refractivity contribution in [3.8, 4) is 17.2 Å². The zero-order valence-electron chi connectivity index (χ0n) is 25.0. The Labute approximate surface area is 258 Å². The van der Waals surface area contributed by atoms with Crippen molar-refractivity contribution in [2.45, 2.75) is 45.7 Å². The average Bonchev–Trinajstić information content (AvgIpc) is 3.49. The number of hydrogen-bond donors (Lipinski definition) is 2. The monoisotopic (exact) mass is 601 g/mol. The lowest BCUT2D eigenvalue weighted by atomic mass is 9.84. The molecular weight excluding hydrogens is 572 g/mol. The van der Waals surface area contributed by atoms with Crippen molar-refractivity contribution in [3.63, 3.8) is 0 Å². The molecule has 0 bridgehead atoms. The van der Waals surface area contributed by atoms with Gasteiger partial charge in [0.15, 0.2) is 0 Å². The van der Waals surface area contributed by atoms with Gasteiger partial charge in [0, 0.05) is 34.7 Å². The number of nitrogens with one attached hydrogen (secondary N) is 1. The number of nitrogens with two attached hydrogens (primary N) is 1. The molecule has 0 spiro atoms. The summed E-state index contributed by atoms with van der Waals surface area (Å²) in [5, 5.41) is 12.9. The summed E-state index contributed by atoms with van der Waals surface area (Å²) < 4.78 is 29.8. The number of rotatable bonds is 8. The van der Waals surface area contributed by atoms with E-state index >= 15 is 0 Å². The van der Waals surface area contributed by atoms with E-state index < -0.39 is 17.3 Å². The summed E-state index contributed by atoms with van der Waals surface area (Å²) in [7, 11) is 0. The van der Waals surface area contributed by atoms with E-state index in [1.807, 2.05) is 55.8 Å². The fourth-order valence-corrected chi connectivity index (χ4v) is 6.16. The van der Waals surface area contributed by atoms with Crippen molar-refractivity contribution in [1.29, 1.82) is 5.26 Å². The molecule has 0 saturated carbocycles. The minimum absolute atomic E-state index is 0.146. The minimum Gasteiger partial charge on any atom is -0.366 e. The molecule has 45 heavy (non-hydrogen) atoms. The van der Waals surface area contributed by atoms with E-state index in [1.54, 1.807) is 18.2 Å². The maximum atomic E-state index is 14.2. The van der Waals surface area contributed by atoms with Gasteiger partial charge >= 0.3 is 0 Å². The van der Waals surface area contributed by atoms with E-state index in [-0.39, 0.29) is 34.3 Å². The molecule has 0 saturated heterocycles. The molecule has 9 heteroatoms. The number of halogens is 2. The van der Waals surface area contributed by atoms with E-state index in [4.69, 9.17) is 16.0 Å². The minimum atomic E-state index is -0.918. The summed E-state index contributed by atoms with van der Waals surface area (Å²) in [5.74, 6) is -1.91. The molecule has 7 nitrogen and oxygen atoms in total. The summed E-state index contributed by atoms with van der Waals surface area (Å²) >= 11 is 0. The van der Waals surface area contributed by atoms with Crippen molar-refractivity contribution in [2.75, 3.05) is 0 Å². The molecule has 0 unspecified atom stereocenters. The Kier molecular flexibility index (Phi) is 7.34. The molecule has 2 aliphatic rings. The summed E-state index contributed by atoms with van der Waals surface area (Å²) in [5.41, 5.74) is 15.0. The molecule has 3 N–H and O–H groups in total. The van der Waals surface area contributed by atoms with Crippen molar-refractivity contribution < 1.29 is 18.4 Å². The number of carbonyl (C=O) groups is 2. The van der Waals surface area contributed by atoms with Crippen molar-refractivity contribution in [1.82, 2.24) is 14.9 Å². The number of nitrogens with zero attached hydrogens (tertiary/aromatic N) is 3. The lowest BCUT2D eigenvalue weighted by Gasteiger charge is -2.26. The molecule has 0 radical (unpaired) electrons. The van der Waals surface area contributed by atoms with Crippen LogP contribution in [0.2, 0.25) is 0 Å². The summed E-state index contributed by atoms with van der Waals surface area (Å²) in [6.45, 7) is 6.21.